The summed E-state index contributed by atoms with van der Waals surface area (Å²) in [4.78, 5) is 5.01. The molecule has 4 aliphatic rings. The first-order chi connectivity index (χ1) is 33.2. The van der Waals surface area contributed by atoms with E-state index in [4.69, 9.17) is 4.11 Å². The summed E-state index contributed by atoms with van der Waals surface area (Å²) in [5.41, 5.74) is 19.4. The smallest absolute Gasteiger partial charge is 0.252 e. The van der Waals surface area contributed by atoms with Crippen LogP contribution in [0.1, 0.15) is 189 Å². The summed E-state index contributed by atoms with van der Waals surface area (Å²) >= 11 is 0. The molecule has 0 bridgehead atoms. The van der Waals surface area contributed by atoms with Crippen molar-refractivity contribution in [3.8, 4) is 11.1 Å². The Kier molecular flexibility index (Phi) is 8.79. The zero-order chi connectivity index (χ0) is 52.5. The minimum atomic E-state index is -0.392. The molecule has 346 valence electrons. The van der Waals surface area contributed by atoms with Crippen LogP contribution in [0.15, 0.2) is 109 Å². The first kappa shape index (κ1) is 39.9. The lowest BCUT2D eigenvalue weighted by Gasteiger charge is -2.48. The van der Waals surface area contributed by atoms with E-state index in [1.807, 2.05) is 0 Å². The van der Waals surface area contributed by atoms with E-state index in [-0.39, 0.29) is 74.4 Å². The molecule has 0 N–H and O–H groups in total. The molecule has 0 saturated heterocycles. The standard InChI is InChI=1S/C64H77BN2/c1-58(2,3)41-23-27-52(45(33-41)40-21-19-18-20-22-40)67-53-28-24-42(59(4,5)6)34-50(53)65-51-38-48-49(64(16,17)32-31-63(48,14)15)39-54(51)66(55-35-43(60(7,8)9)36-56(67)57(55)65)44-25-26-46-47(37-44)62(12,13)30-29-61(46,10)11/h18-28,33-39H,29-32H2,1-17H3/i18D,19D,20D,21D,22D. The predicted octanol–water partition coefficient (Wildman–Crippen LogP) is 16.0. The second-order valence-electron chi connectivity index (χ2n) is 26.5. The summed E-state index contributed by atoms with van der Waals surface area (Å²) in [7, 11) is 0. The lowest BCUT2D eigenvalue weighted by atomic mass is 9.32. The van der Waals surface area contributed by atoms with Crippen molar-refractivity contribution in [3.63, 3.8) is 0 Å². The molecule has 0 spiro atoms. The molecule has 2 aliphatic carbocycles. The average molecular weight is 890 g/mol. The van der Waals surface area contributed by atoms with Gasteiger partial charge >= 0.3 is 0 Å². The zero-order valence-corrected chi connectivity index (χ0v) is 43.8. The second kappa shape index (κ2) is 14.7. The summed E-state index contributed by atoms with van der Waals surface area (Å²) in [5, 5.41) is 0. The molecule has 0 saturated carbocycles. The van der Waals surface area contributed by atoms with Gasteiger partial charge in [0.25, 0.3) is 6.71 Å². The molecular formula is C64H77BN2. The van der Waals surface area contributed by atoms with Crippen LogP contribution in [0.5, 0.6) is 0 Å². The van der Waals surface area contributed by atoms with Crippen molar-refractivity contribution in [2.45, 2.75) is 181 Å². The van der Waals surface area contributed by atoms with Gasteiger partial charge in [-0.3, -0.25) is 0 Å². The van der Waals surface area contributed by atoms with Gasteiger partial charge in [-0.05, 0) is 173 Å². The summed E-state index contributed by atoms with van der Waals surface area (Å²) < 4.78 is 45.5. The van der Waals surface area contributed by atoms with E-state index in [2.05, 4.69) is 206 Å². The highest BCUT2D eigenvalue weighted by Gasteiger charge is 2.48. The number of fused-ring (bicyclic) bond motifs is 6. The molecule has 0 fully saturated rings. The molecule has 6 aromatic carbocycles. The van der Waals surface area contributed by atoms with E-state index < -0.39 is 6.04 Å². The van der Waals surface area contributed by atoms with Crippen LogP contribution >= 0.6 is 0 Å². The van der Waals surface area contributed by atoms with Gasteiger partial charge in [0.05, 0.1) is 12.5 Å². The molecule has 3 heteroatoms. The Morgan fingerprint density at radius 3 is 1.48 bits per heavy atom. The van der Waals surface area contributed by atoms with Gasteiger partial charge in [0.2, 0.25) is 0 Å². The van der Waals surface area contributed by atoms with E-state index in [1.54, 1.807) is 0 Å². The second-order valence-corrected chi connectivity index (χ2v) is 26.5. The number of benzene rings is 6. The highest BCUT2D eigenvalue weighted by molar-refractivity contribution is 7.00. The van der Waals surface area contributed by atoms with E-state index >= 15 is 0 Å². The van der Waals surface area contributed by atoms with Crippen molar-refractivity contribution in [2.24, 2.45) is 0 Å². The third-order valence-corrected chi connectivity index (χ3v) is 16.7. The molecule has 0 atom stereocenters. The number of rotatable bonds is 3. The Morgan fingerprint density at radius 2 is 0.910 bits per heavy atom. The van der Waals surface area contributed by atoms with Gasteiger partial charge in [-0.2, -0.15) is 0 Å². The number of hydrogen-bond acceptors (Lipinski definition) is 2. The lowest BCUT2D eigenvalue weighted by Crippen LogP contribution is -2.62. The van der Waals surface area contributed by atoms with Crippen LogP contribution in [0.4, 0.5) is 34.1 Å². The van der Waals surface area contributed by atoms with Crippen molar-refractivity contribution in [1.82, 2.24) is 0 Å². The topological polar surface area (TPSA) is 6.48 Å². The molecule has 0 amide bonds. The van der Waals surface area contributed by atoms with Crippen LogP contribution in [0.25, 0.3) is 11.1 Å². The average Bonchev–Trinajstić information content (AvgIpc) is 3.29. The molecule has 0 aromatic heterocycles. The van der Waals surface area contributed by atoms with Crippen LogP contribution in [-0.2, 0) is 37.9 Å². The maximum Gasteiger partial charge on any atom is 0.252 e. The van der Waals surface area contributed by atoms with E-state index in [9.17, 15) is 2.74 Å². The zero-order valence-electron chi connectivity index (χ0n) is 48.8. The maximum absolute atomic E-state index is 9.48. The Labute approximate surface area is 412 Å². The van der Waals surface area contributed by atoms with E-state index in [1.165, 1.54) is 55.5 Å². The summed E-state index contributed by atoms with van der Waals surface area (Å²) in [5.74, 6) is 0. The molecule has 0 unspecified atom stereocenters. The van der Waals surface area contributed by atoms with Crippen molar-refractivity contribution < 1.29 is 6.85 Å². The number of nitrogens with zero attached hydrogens (tertiary/aromatic N) is 2. The minimum absolute atomic E-state index is 0.00528. The highest BCUT2D eigenvalue weighted by atomic mass is 15.2. The molecule has 2 aliphatic heterocycles. The van der Waals surface area contributed by atoms with Crippen LogP contribution in [0.2, 0.25) is 0 Å². The van der Waals surface area contributed by atoms with Gasteiger partial charge in [0.1, 0.15) is 0 Å². The molecule has 2 heterocycles. The fraction of sp³-hybridized carbons (Fsp3) is 0.438. The third-order valence-electron chi connectivity index (χ3n) is 16.7. The van der Waals surface area contributed by atoms with Gasteiger partial charge in [-0.25, -0.2) is 0 Å². The van der Waals surface area contributed by atoms with Gasteiger partial charge in [0.15, 0.2) is 0 Å². The fourth-order valence-corrected chi connectivity index (χ4v) is 12.0. The lowest BCUT2D eigenvalue weighted by molar-refractivity contribution is 0.332. The maximum atomic E-state index is 9.48. The van der Waals surface area contributed by atoms with Gasteiger partial charge < -0.3 is 9.80 Å². The number of anilines is 6. The molecule has 67 heavy (non-hydrogen) atoms. The SMILES string of the molecule is [2H]c1c([2H])c([2H])c(-c2cc(C(C)(C)C)ccc2N2c3ccc(C(C)(C)C)cc3B3c4cc5c(cc4N(c4ccc6c(c4)C(C)(C)CCC6(C)C)c4cc(C(C)(C)C)cc2c43)C(C)(C)CCC5(C)C)c([2H])c1[2H]. The first-order valence-corrected chi connectivity index (χ1v) is 25.1. The minimum Gasteiger partial charge on any atom is -0.311 e. The Bertz CT molecular complexity index is 3250. The van der Waals surface area contributed by atoms with Gasteiger partial charge in [0, 0.05) is 34.0 Å². The van der Waals surface area contributed by atoms with Gasteiger partial charge in [-0.1, -0.05) is 178 Å². The summed E-state index contributed by atoms with van der Waals surface area (Å²) in [6.45, 7) is 39.6. The van der Waals surface area contributed by atoms with Crippen LogP contribution in [-0.4, -0.2) is 6.71 Å². The Morgan fingerprint density at radius 1 is 0.433 bits per heavy atom. The first-order valence-electron chi connectivity index (χ1n) is 27.6. The van der Waals surface area contributed by atoms with Crippen LogP contribution in [0.3, 0.4) is 0 Å². The molecule has 10 rings (SSSR count). The van der Waals surface area contributed by atoms with E-state index in [0.29, 0.717) is 5.56 Å². The quantitative estimate of drug-likeness (QED) is 0.163. The van der Waals surface area contributed by atoms with E-state index in [0.717, 1.165) is 59.7 Å². The largest absolute Gasteiger partial charge is 0.311 e. The summed E-state index contributed by atoms with van der Waals surface area (Å²) in [6, 6.07) is 29.4. The summed E-state index contributed by atoms with van der Waals surface area (Å²) in [6.07, 6.45) is 4.48. The Hall–Kier alpha value is -5.02. The third kappa shape index (κ3) is 7.34. The molecule has 0 radical (unpaired) electrons. The van der Waals surface area contributed by atoms with Crippen LogP contribution < -0.4 is 26.2 Å². The monoisotopic (exact) mass is 890 g/mol. The molecular weight excluding hydrogens is 808 g/mol. The van der Waals surface area contributed by atoms with Crippen molar-refractivity contribution >= 4 is 57.2 Å². The predicted molar refractivity (Wildman–Crippen MR) is 293 cm³/mol. The van der Waals surface area contributed by atoms with Crippen molar-refractivity contribution in [1.29, 1.82) is 0 Å². The molecule has 6 aromatic rings. The normalized spacial score (nSPS) is 19.7. The fourth-order valence-electron chi connectivity index (χ4n) is 12.0. The molecule has 2 nitrogen and oxygen atoms in total. The highest BCUT2D eigenvalue weighted by Crippen LogP contribution is 2.54. The Balaban J connectivity index is 1.40. The van der Waals surface area contributed by atoms with Crippen molar-refractivity contribution in [3.05, 3.63) is 148 Å². The van der Waals surface area contributed by atoms with Gasteiger partial charge in [-0.15, -0.1) is 0 Å². The number of hydrogen-bond donors (Lipinski definition) is 0. The van der Waals surface area contributed by atoms with Crippen LogP contribution in [0, 0.1) is 0 Å². The van der Waals surface area contributed by atoms with Crippen molar-refractivity contribution in [2.75, 3.05) is 9.80 Å².